The van der Waals surface area contributed by atoms with Crippen molar-refractivity contribution < 1.29 is 9.53 Å². The molecule has 1 unspecified atom stereocenters. The molecular weight excluding hydrogens is 240 g/mol. The molecule has 0 radical (unpaired) electrons. The minimum absolute atomic E-state index is 0.368. The number of carbonyl (C=O) groups excluding carboxylic acids is 1. The Hall–Kier alpha value is -1.39. The zero-order valence-electron chi connectivity index (χ0n) is 11.2. The third-order valence-electron chi connectivity index (χ3n) is 3.52. The number of carbonyl (C=O) groups is 1. The number of nitrogens with one attached hydrogen (secondary N) is 1. The van der Waals surface area contributed by atoms with Gasteiger partial charge in [-0.1, -0.05) is 18.2 Å². The lowest BCUT2D eigenvalue weighted by atomic mass is 10.1. The second-order valence-electron chi connectivity index (χ2n) is 4.98. The second kappa shape index (κ2) is 7.26. The quantitative estimate of drug-likeness (QED) is 0.769. The molecule has 1 heterocycles. The Bertz CT molecular complexity index is 414. The molecule has 0 bridgehead atoms. The number of rotatable bonds is 6. The van der Waals surface area contributed by atoms with Crippen molar-refractivity contribution in [1.29, 1.82) is 0 Å². The van der Waals surface area contributed by atoms with Crippen LogP contribution in [0, 0.1) is 0 Å². The molecule has 104 valence electrons. The minimum atomic E-state index is -0.368. The van der Waals surface area contributed by atoms with Crippen LogP contribution in [0.5, 0.6) is 0 Å². The summed E-state index contributed by atoms with van der Waals surface area (Å²) in [6, 6.07) is 7.46. The van der Waals surface area contributed by atoms with Gasteiger partial charge in [0.15, 0.2) is 0 Å². The zero-order valence-corrected chi connectivity index (χ0v) is 11.2. The number of primary amides is 1. The topological polar surface area (TPSA) is 64.4 Å². The molecule has 0 aliphatic carbocycles. The van der Waals surface area contributed by atoms with E-state index in [1.165, 1.54) is 19.3 Å². The molecule has 1 aliphatic rings. The summed E-state index contributed by atoms with van der Waals surface area (Å²) in [5.74, 6) is -0.368. The van der Waals surface area contributed by atoms with Crippen molar-refractivity contribution in [3.63, 3.8) is 0 Å². The molecule has 1 amide bonds. The molecule has 1 saturated heterocycles. The molecule has 19 heavy (non-hydrogen) atoms. The number of hydrogen-bond donors (Lipinski definition) is 2. The number of amides is 1. The summed E-state index contributed by atoms with van der Waals surface area (Å²) < 4.78 is 5.68. The highest BCUT2D eigenvalue weighted by atomic mass is 16.5. The van der Waals surface area contributed by atoms with Crippen molar-refractivity contribution in [3.8, 4) is 0 Å². The van der Waals surface area contributed by atoms with E-state index in [9.17, 15) is 4.79 Å². The first-order valence-electron chi connectivity index (χ1n) is 6.97. The van der Waals surface area contributed by atoms with E-state index in [1.54, 1.807) is 6.07 Å². The molecule has 1 atom stereocenters. The van der Waals surface area contributed by atoms with Crippen LogP contribution in [0.3, 0.4) is 0 Å². The SMILES string of the molecule is NC(=O)c1ccccc1CNCCC1CCCCO1. The normalized spacial score (nSPS) is 19.3. The predicted molar refractivity (Wildman–Crippen MR) is 74.9 cm³/mol. The fraction of sp³-hybridized carbons (Fsp3) is 0.533. The Morgan fingerprint density at radius 2 is 2.21 bits per heavy atom. The van der Waals surface area contributed by atoms with E-state index in [2.05, 4.69) is 5.32 Å². The molecule has 1 aliphatic heterocycles. The highest BCUT2D eigenvalue weighted by Crippen LogP contribution is 2.15. The summed E-state index contributed by atoms with van der Waals surface area (Å²) in [5.41, 5.74) is 6.91. The van der Waals surface area contributed by atoms with Crippen LogP contribution in [-0.2, 0) is 11.3 Å². The summed E-state index contributed by atoms with van der Waals surface area (Å²) in [6.45, 7) is 2.47. The minimum Gasteiger partial charge on any atom is -0.378 e. The van der Waals surface area contributed by atoms with Crippen molar-refractivity contribution in [3.05, 3.63) is 35.4 Å². The van der Waals surface area contributed by atoms with Gasteiger partial charge in [-0.05, 0) is 43.9 Å². The van der Waals surface area contributed by atoms with Gasteiger partial charge in [-0.2, -0.15) is 0 Å². The summed E-state index contributed by atoms with van der Waals surface area (Å²) in [6.07, 6.45) is 5.05. The highest BCUT2D eigenvalue weighted by Gasteiger charge is 2.13. The lowest BCUT2D eigenvalue weighted by molar-refractivity contribution is 0.0115. The second-order valence-corrected chi connectivity index (χ2v) is 4.98. The first-order valence-corrected chi connectivity index (χ1v) is 6.97. The van der Waals surface area contributed by atoms with Crippen LogP contribution < -0.4 is 11.1 Å². The number of nitrogens with two attached hydrogens (primary N) is 1. The Labute approximate surface area is 114 Å². The Morgan fingerprint density at radius 3 is 2.95 bits per heavy atom. The van der Waals surface area contributed by atoms with Crippen LogP contribution >= 0.6 is 0 Å². The summed E-state index contributed by atoms with van der Waals surface area (Å²) in [5, 5.41) is 3.36. The van der Waals surface area contributed by atoms with Crippen molar-refractivity contribution in [2.75, 3.05) is 13.2 Å². The van der Waals surface area contributed by atoms with Crippen molar-refractivity contribution >= 4 is 5.91 Å². The molecule has 2 rings (SSSR count). The summed E-state index contributed by atoms with van der Waals surface area (Å²) >= 11 is 0. The summed E-state index contributed by atoms with van der Waals surface area (Å²) in [4.78, 5) is 11.3. The third-order valence-corrected chi connectivity index (χ3v) is 3.52. The van der Waals surface area contributed by atoms with E-state index in [1.807, 2.05) is 18.2 Å². The zero-order chi connectivity index (χ0) is 13.5. The van der Waals surface area contributed by atoms with E-state index >= 15 is 0 Å². The molecule has 4 nitrogen and oxygen atoms in total. The molecule has 1 aromatic carbocycles. The maximum Gasteiger partial charge on any atom is 0.249 e. The molecule has 1 fully saturated rings. The van der Waals surface area contributed by atoms with Crippen LogP contribution in [0.4, 0.5) is 0 Å². The molecule has 1 aromatic rings. The van der Waals surface area contributed by atoms with Gasteiger partial charge in [0.1, 0.15) is 0 Å². The van der Waals surface area contributed by atoms with E-state index < -0.39 is 0 Å². The monoisotopic (exact) mass is 262 g/mol. The predicted octanol–water partition coefficient (Wildman–Crippen LogP) is 1.83. The molecule has 0 spiro atoms. The van der Waals surface area contributed by atoms with Gasteiger partial charge in [0.05, 0.1) is 6.10 Å². The molecule has 3 N–H and O–H groups in total. The Kier molecular flexibility index (Phi) is 5.36. The molecule has 0 saturated carbocycles. The van der Waals surface area contributed by atoms with Gasteiger partial charge in [-0.3, -0.25) is 4.79 Å². The first kappa shape index (κ1) is 14.0. The van der Waals surface area contributed by atoms with Gasteiger partial charge in [0.2, 0.25) is 5.91 Å². The fourth-order valence-corrected chi connectivity index (χ4v) is 2.44. The van der Waals surface area contributed by atoms with Crippen LogP contribution in [0.1, 0.15) is 41.6 Å². The lowest BCUT2D eigenvalue weighted by Gasteiger charge is -2.22. The number of ether oxygens (including phenoxy) is 1. The van der Waals surface area contributed by atoms with Crippen molar-refractivity contribution in [2.45, 2.75) is 38.3 Å². The van der Waals surface area contributed by atoms with Crippen LogP contribution in [0.2, 0.25) is 0 Å². The molecule has 4 heteroatoms. The standard InChI is InChI=1S/C15H22N2O2/c16-15(18)14-7-2-1-5-12(14)11-17-9-8-13-6-3-4-10-19-13/h1-2,5,7,13,17H,3-4,6,8-11H2,(H2,16,18). The van der Waals surface area contributed by atoms with Gasteiger partial charge in [0, 0.05) is 18.7 Å². The number of benzene rings is 1. The van der Waals surface area contributed by atoms with Gasteiger partial charge >= 0.3 is 0 Å². The molecular formula is C15H22N2O2. The van der Waals surface area contributed by atoms with E-state index in [-0.39, 0.29) is 5.91 Å². The first-order chi connectivity index (χ1) is 9.27. The fourth-order valence-electron chi connectivity index (χ4n) is 2.44. The van der Waals surface area contributed by atoms with Gasteiger partial charge < -0.3 is 15.8 Å². The van der Waals surface area contributed by atoms with Gasteiger partial charge in [0.25, 0.3) is 0 Å². The average Bonchev–Trinajstić information content (AvgIpc) is 2.45. The van der Waals surface area contributed by atoms with Crippen LogP contribution in [-0.4, -0.2) is 25.2 Å². The van der Waals surface area contributed by atoms with Gasteiger partial charge in [-0.25, -0.2) is 0 Å². The summed E-state index contributed by atoms with van der Waals surface area (Å²) in [7, 11) is 0. The van der Waals surface area contributed by atoms with Crippen molar-refractivity contribution in [1.82, 2.24) is 5.32 Å². The average molecular weight is 262 g/mol. The van der Waals surface area contributed by atoms with E-state index in [4.69, 9.17) is 10.5 Å². The Balaban J connectivity index is 1.74. The largest absolute Gasteiger partial charge is 0.378 e. The third kappa shape index (κ3) is 4.33. The van der Waals surface area contributed by atoms with Crippen LogP contribution in [0.15, 0.2) is 24.3 Å². The van der Waals surface area contributed by atoms with Crippen molar-refractivity contribution in [2.24, 2.45) is 5.73 Å². The highest BCUT2D eigenvalue weighted by molar-refractivity contribution is 5.94. The van der Waals surface area contributed by atoms with E-state index in [0.717, 1.165) is 25.1 Å². The van der Waals surface area contributed by atoms with Gasteiger partial charge in [-0.15, -0.1) is 0 Å². The van der Waals surface area contributed by atoms with E-state index in [0.29, 0.717) is 18.2 Å². The van der Waals surface area contributed by atoms with Crippen LogP contribution in [0.25, 0.3) is 0 Å². The maximum absolute atomic E-state index is 11.3. The number of hydrogen-bond acceptors (Lipinski definition) is 3. The smallest absolute Gasteiger partial charge is 0.249 e. The maximum atomic E-state index is 11.3. The molecule has 0 aromatic heterocycles. The lowest BCUT2D eigenvalue weighted by Crippen LogP contribution is -2.26. The Morgan fingerprint density at radius 1 is 1.37 bits per heavy atom.